The first-order valence-electron chi connectivity index (χ1n) is 7.01. The van der Waals surface area contributed by atoms with Crippen LogP contribution in [-0.2, 0) is 14.9 Å². The van der Waals surface area contributed by atoms with Crippen molar-refractivity contribution in [3.63, 3.8) is 0 Å². The number of amides is 1. The van der Waals surface area contributed by atoms with Crippen molar-refractivity contribution in [1.82, 2.24) is 9.03 Å². The van der Waals surface area contributed by atoms with Gasteiger partial charge in [0.2, 0.25) is 0 Å². The number of aliphatic hydroxyl groups is 1. The van der Waals surface area contributed by atoms with E-state index in [1.807, 2.05) is 4.72 Å². The zero-order valence-electron chi connectivity index (χ0n) is 12.0. The number of carbonyl (C=O) groups is 1. The van der Waals surface area contributed by atoms with Crippen LogP contribution in [0.3, 0.4) is 0 Å². The predicted molar refractivity (Wildman–Crippen MR) is 74.3 cm³/mol. The minimum Gasteiger partial charge on any atom is -0.449 e. The molecule has 1 fully saturated rings. The Balaban J connectivity index is 2.82. The molecule has 0 saturated carbocycles. The fourth-order valence-electron chi connectivity index (χ4n) is 2.42. The molecule has 1 rings (SSSR count). The third kappa shape index (κ3) is 5.26. The Morgan fingerprint density at radius 1 is 1.45 bits per heavy atom. The standard InChI is InChI=1S/C12H24N2O5S/c1-3-19-12(16)13-20(17,18)14-8-6-4-5-7-11(14)9-10(2)15/h10-11,15H,3-9H2,1-2H3,(H,13,16). The summed E-state index contributed by atoms with van der Waals surface area (Å²) >= 11 is 0. The Bertz CT molecular complexity index is 410. The van der Waals surface area contributed by atoms with Crippen LogP contribution >= 0.6 is 0 Å². The van der Waals surface area contributed by atoms with Crippen molar-refractivity contribution in [2.24, 2.45) is 0 Å². The number of ether oxygens (including phenoxy) is 1. The largest absolute Gasteiger partial charge is 0.449 e. The van der Waals surface area contributed by atoms with Crippen LogP contribution in [0.15, 0.2) is 0 Å². The van der Waals surface area contributed by atoms with E-state index < -0.39 is 22.4 Å². The van der Waals surface area contributed by atoms with Crippen molar-refractivity contribution >= 4 is 16.3 Å². The van der Waals surface area contributed by atoms with Crippen LogP contribution in [0.2, 0.25) is 0 Å². The van der Waals surface area contributed by atoms with E-state index in [0.29, 0.717) is 19.4 Å². The first-order chi connectivity index (χ1) is 9.36. The SMILES string of the molecule is CCOC(=O)NS(=O)(=O)N1CCCCCC1CC(C)O. The van der Waals surface area contributed by atoms with Crippen LogP contribution in [0, 0.1) is 0 Å². The molecule has 0 spiro atoms. The van der Waals surface area contributed by atoms with E-state index in [1.165, 1.54) is 4.31 Å². The van der Waals surface area contributed by atoms with Crippen molar-refractivity contribution in [3.05, 3.63) is 0 Å². The van der Waals surface area contributed by atoms with Gasteiger partial charge in [-0.25, -0.2) is 9.52 Å². The van der Waals surface area contributed by atoms with Crippen LogP contribution in [0.5, 0.6) is 0 Å². The molecule has 1 saturated heterocycles. The van der Waals surface area contributed by atoms with Gasteiger partial charge in [-0.05, 0) is 33.1 Å². The Morgan fingerprint density at radius 3 is 2.75 bits per heavy atom. The summed E-state index contributed by atoms with van der Waals surface area (Å²) in [6.45, 7) is 3.70. The third-order valence-corrected chi connectivity index (χ3v) is 4.76. The van der Waals surface area contributed by atoms with E-state index >= 15 is 0 Å². The van der Waals surface area contributed by atoms with Gasteiger partial charge >= 0.3 is 16.3 Å². The fourth-order valence-corrected chi connectivity index (χ4v) is 3.76. The molecule has 0 radical (unpaired) electrons. The molecule has 8 heteroatoms. The molecule has 0 aromatic carbocycles. The van der Waals surface area contributed by atoms with Crippen LogP contribution < -0.4 is 4.72 Å². The Morgan fingerprint density at radius 2 is 2.15 bits per heavy atom. The maximum atomic E-state index is 12.2. The van der Waals surface area contributed by atoms with E-state index in [0.717, 1.165) is 19.3 Å². The molecule has 118 valence electrons. The van der Waals surface area contributed by atoms with Gasteiger partial charge in [-0.2, -0.15) is 12.7 Å². The molecular weight excluding hydrogens is 284 g/mol. The molecular formula is C12H24N2O5S. The number of hydrogen-bond acceptors (Lipinski definition) is 5. The topological polar surface area (TPSA) is 95.9 Å². The molecule has 20 heavy (non-hydrogen) atoms. The second-order valence-electron chi connectivity index (χ2n) is 5.03. The summed E-state index contributed by atoms with van der Waals surface area (Å²) in [5, 5.41) is 9.51. The second-order valence-corrected chi connectivity index (χ2v) is 6.65. The monoisotopic (exact) mass is 308 g/mol. The van der Waals surface area contributed by atoms with E-state index in [9.17, 15) is 18.3 Å². The summed E-state index contributed by atoms with van der Waals surface area (Å²) in [5.74, 6) is 0. The molecule has 0 aliphatic carbocycles. The van der Waals surface area contributed by atoms with Gasteiger partial charge in [0.25, 0.3) is 0 Å². The molecule has 2 N–H and O–H groups in total. The zero-order valence-corrected chi connectivity index (χ0v) is 12.9. The lowest BCUT2D eigenvalue weighted by atomic mass is 10.1. The highest BCUT2D eigenvalue weighted by Crippen LogP contribution is 2.22. The molecule has 2 unspecified atom stereocenters. The number of carbonyl (C=O) groups excluding carboxylic acids is 1. The van der Waals surface area contributed by atoms with E-state index in [1.54, 1.807) is 13.8 Å². The lowest BCUT2D eigenvalue weighted by molar-refractivity contribution is 0.144. The number of nitrogens with one attached hydrogen (secondary N) is 1. The molecule has 0 aromatic heterocycles. The molecule has 1 heterocycles. The molecule has 7 nitrogen and oxygen atoms in total. The Kier molecular flexibility index (Phi) is 6.70. The lowest BCUT2D eigenvalue weighted by Gasteiger charge is -2.29. The highest BCUT2D eigenvalue weighted by Gasteiger charge is 2.33. The summed E-state index contributed by atoms with van der Waals surface area (Å²) in [5.41, 5.74) is 0. The molecule has 1 aliphatic rings. The van der Waals surface area contributed by atoms with Crippen molar-refractivity contribution < 1.29 is 23.1 Å². The van der Waals surface area contributed by atoms with Gasteiger partial charge in [0.15, 0.2) is 0 Å². The van der Waals surface area contributed by atoms with Crippen molar-refractivity contribution in [2.45, 2.75) is 58.1 Å². The van der Waals surface area contributed by atoms with E-state index in [2.05, 4.69) is 4.74 Å². The average Bonchev–Trinajstić information content (AvgIpc) is 2.53. The molecule has 0 bridgehead atoms. The normalized spacial score (nSPS) is 22.9. The minimum absolute atomic E-state index is 0.110. The highest BCUT2D eigenvalue weighted by molar-refractivity contribution is 7.87. The minimum atomic E-state index is -3.93. The number of hydrogen-bond donors (Lipinski definition) is 2. The van der Waals surface area contributed by atoms with Crippen molar-refractivity contribution in [2.75, 3.05) is 13.2 Å². The smallest absolute Gasteiger partial charge is 0.421 e. The number of rotatable bonds is 5. The van der Waals surface area contributed by atoms with Gasteiger partial charge in [0.05, 0.1) is 12.7 Å². The maximum Gasteiger partial charge on any atom is 0.421 e. The summed E-state index contributed by atoms with van der Waals surface area (Å²) in [6, 6.07) is -0.288. The van der Waals surface area contributed by atoms with Crippen LogP contribution in [0.4, 0.5) is 4.79 Å². The Hall–Kier alpha value is -0.860. The summed E-state index contributed by atoms with van der Waals surface area (Å²) in [6.07, 6.45) is 2.12. The maximum absolute atomic E-state index is 12.2. The van der Waals surface area contributed by atoms with Gasteiger partial charge < -0.3 is 9.84 Å². The van der Waals surface area contributed by atoms with Crippen molar-refractivity contribution in [1.29, 1.82) is 0 Å². The third-order valence-electron chi connectivity index (χ3n) is 3.23. The number of nitrogens with zero attached hydrogens (tertiary/aromatic N) is 1. The first kappa shape index (κ1) is 17.2. The Labute approximate surface area is 120 Å². The lowest BCUT2D eigenvalue weighted by Crippen LogP contribution is -2.49. The highest BCUT2D eigenvalue weighted by atomic mass is 32.2. The predicted octanol–water partition coefficient (Wildman–Crippen LogP) is 0.993. The number of aliphatic hydroxyl groups excluding tert-OH is 1. The summed E-state index contributed by atoms with van der Waals surface area (Å²) in [4.78, 5) is 11.3. The molecule has 1 aliphatic heterocycles. The fraction of sp³-hybridized carbons (Fsp3) is 0.917. The average molecular weight is 308 g/mol. The second kappa shape index (κ2) is 7.80. The summed E-state index contributed by atoms with van der Waals surface area (Å²) in [7, 11) is -3.93. The van der Waals surface area contributed by atoms with Gasteiger partial charge in [0.1, 0.15) is 0 Å². The zero-order chi connectivity index (χ0) is 15.2. The van der Waals surface area contributed by atoms with Crippen LogP contribution in [0.25, 0.3) is 0 Å². The van der Waals surface area contributed by atoms with Gasteiger partial charge in [-0.3, -0.25) is 0 Å². The van der Waals surface area contributed by atoms with Gasteiger partial charge in [0, 0.05) is 12.6 Å². The van der Waals surface area contributed by atoms with Crippen LogP contribution in [-0.4, -0.2) is 49.2 Å². The van der Waals surface area contributed by atoms with Gasteiger partial charge in [-0.1, -0.05) is 12.8 Å². The van der Waals surface area contributed by atoms with Gasteiger partial charge in [-0.15, -0.1) is 0 Å². The summed E-state index contributed by atoms with van der Waals surface area (Å²) < 4.78 is 32.3. The van der Waals surface area contributed by atoms with Crippen molar-refractivity contribution in [3.8, 4) is 0 Å². The van der Waals surface area contributed by atoms with E-state index in [4.69, 9.17) is 0 Å². The molecule has 2 atom stereocenters. The van der Waals surface area contributed by atoms with E-state index in [-0.39, 0.29) is 12.6 Å². The molecule has 0 aromatic rings. The first-order valence-corrected chi connectivity index (χ1v) is 8.45. The molecule has 1 amide bonds. The quantitative estimate of drug-likeness (QED) is 0.789. The van der Waals surface area contributed by atoms with Crippen LogP contribution in [0.1, 0.15) is 46.0 Å².